The van der Waals surface area contributed by atoms with Gasteiger partial charge in [0, 0.05) is 17.9 Å². The maximum atomic E-state index is 12.6. The number of thiazole rings is 1. The summed E-state index contributed by atoms with van der Waals surface area (Å²) in [5.74, 6) is 2.00. The number of carbonyl (C=O) groups excluding carboxylic acids is 1. The molecular formula is C21H16N4O3S. The molecule has 2 aromatic heterocycles. The average Bonchev–Trinajstić information content (AvgIpc) is 3.43. The fraction of sp³-hybridized carbons (Fsp3) is 0.190. The minimum Gasteiger partial charge on any atom is -0.454 e. The first kappa shape index (κ1) is 16.6. The fourth-order valence-corrected chi connectivity index (χ4v) is 4.97. The van der Waals surface area contributed by atoms with Crippen molar-refractivity contribution >= 4 is 33.3 Å². The van der Waals surface area contributed by atoms with Gasteiger partial charge < -0.3 is 14.8 Å². The van der Waals surface area contributed by atoms with Gasteiger partial charge in [-0.1, -0.05) is 29.5 Å². The summed E-state index contributed by atoms with van der Waals surface area (Å²) in [6.07, 6.45) is 0.360. The molecule has 0 saturated carbocycles. The molecule has 1 atom stereocenters. The first-order chi connectivity index (χ1) is 14.2. The van der Waals surface area contributed by atoms with E-state index in [4.69, 9.17) is 19.6 Å². The van der Waals surface area contributed by atoms with Crippen molar-refractivity contribution < 1.29 is 14.3 Å². The molecule has 29 heavy (non-hydrogen) atoms. The van der Waals surface area contributed by atoms with Crippen LogP contribution in [0.2, 0.25) is 0 Å². The zero-order chi connectivity index (χ0) is 19.5. The van der Waals surface area contributed by atoms with Crippen molar-refractivity contribution in [2.24, 2.45) is 0 Å². The van der Waals surface area contributed by atoms with Crippen LogP contribution >= 0.6 is 11.3 Å². The Morgan fingerprint density at radius 2 is 2.03 bits per heavy atom. The predicted molar refractivity (Wildman–Crippen MR) is 109 cm³/mol. The standard InChI is InChI=1S/C21H16N4O3S/c1-11-19-13(12-6-7-15-16(8-12)28-10-27-15)9-18(26)23-20(19)25(24-11)21-22-14-4-2-3-5-17(14)29-21/h2-8,13H,9-10H2,1H3,(H,23,26). The second kappa shape index (κ2) is 6.05. The lowest BCUT2D eigenvalue weighted by Crippen LogP contribution is -2.24. The van der Waals surface area contributed by atoms with Gasteiger partial charge in [-0.2, -0.15) is 9.78 Å². The molecule has 1 amide bonds. The summed E-state index contributed by atoms with van der Waals surface area (Å²) in [5.41, 5.74) is 3.82. The molecule has 2 aliphatic rings. The average molecular weight is 404 g/mol. The van der Waals surface area contributed by atoms with E-state index in [-0.39, 0.29) is 18.6 Å². The lowest BCUT2D eigenvalue weighted by Gasteiger charge is -2.24. The second-order valence-corrected chi connectivity index (χ2v) is 8.15. The van der Waals surface area contributed by atoms with Gasteiger partial charge in [-0.3, -0.25) is 4.79 Å². The minimum atomic E-state index is -0.101. The van der Waals surface area contributed by atoms with Crippen LogP contribution in [0, 0.1) is 6.92 Å². The minimum absolute atomic E-state index is 0.0394. The van der Waals surface area contributed by atoms with E-state index in [2.05, 4.69) is 5.32 Å². The van der Waals surface area contributed by atoms with E-state index in [1.807, 2.05) is 49.4 Å². The molecule has 0 aliphatic carbocycles. The Labute approximate surface area is 169 Å². The fourth-order valence-electron chi connectivity index (χ4n) is 4.05. The van der Waals surface area contributed by atoms with Crippen LogP contribution in [0.3, 0.4) is 0 Å². The lowest BCUT2D eigenvalue weighted by atomic mass is 9.85. The Morgan fingerprint density at radius 1 is 1.17 bits per heavy atom. The number of hydrogen-bond donors (Lipinski definition) is 1. The monoisotopic (exact) mass is 404 g/mol. The van der Waals surface area contributed by atoms with Crippen LogP contribution in [0.5, 0.6) is 11.5 Å². The quantitative estimate of drug-likeness (QED) is 0.547. The van der Waals surface area contributed by atoms with E-state index in [1.165, 1.54) is 0 Å². The van der Waals surface area contributed by atoms with E-state index in [9.17, 15) is 4.79 Å². The Kier molecular flexibility index (Phi) is 3.45. The molecule has 1 N–H and O–H groups in total. The highest BCUT2D eigenvalue weighted by Gasteiger charge is 2.34. The van der Waals surface area contributed by atoms with Crippen LogP contribution in [-0.4, -0.2) is 27.5 Å². The van der Waals surface area contributed by atoms with Crippen molar-refractivity contribution in [3.05, 3.63) is 59.3 Å². The summed E-state index contributed by atoms with van der Waals surface area (Å²) >= 11 is 1.55. The number of hydrogen-bond acceptors (Lipinski definition) is 6. The molecular weight excluding hydrogens is 388 g/mol. The van der Waals surface area contributed by atoms with Gasteiger partial charge in [-0.05, 0) is 36.8 Å². The van der Waals surface area contributed by atoms with Crippen LogP contribution in [0.25, 0.3) is 15.3 Å². The van der Waals surface area contributed by atoms with E-state index in [0.717, 1.165) is 37.9 Å². The highest BCUT2D eigenvalue weighted by molar-refractivity contribution is 7.20. The molecule has 0 radical (unpaired) electrons. The Bertz CT molecular complexity index is 1260. The number of rotatable bonds is 2. The van der Waals surface area contributed by atoms with Gasteiger partial charge in [0.15, 0.2) is 11.5 Å². The van der Waals surface area contributed by atoms with E-state index >= 15 is 0 Å². The zero-order valence-corrected chi connectivity index (χ0v) is 16.3. The number of aryl methyl sites for hydroxylation is 1. The van der Waals surface area contributed by atoms with Crippen molar-refractivity contribution in [2.45, 2.75) is 19.3 Å². The number of nitrogens with zero attached hydrogens (tertiary/aromatic N) is 3. The molecule has 8 heteroatoms. The highest BCUT2D eigenvalue weighted by Crippen LogP contribution is 2.43. The first-order valence-electron chi connectivity index (χ1n) is 9.32. The van der Waals surface area contributed by atoms with Crippen molar-refractivity contribution in [1.82, 2.24) is 14.8 Å². The second-order valence-electron chi connectivity index (χ2n) is 7.14. The summed E-state index contributed by atoms with van der Waals surface area (Å²) in [7, 11) is 0. The van der Waals surface area contributed by atoms with Crippen molar-refractivity contribution in [1.29, 1.82) is 0 Å². The van der Waals surface area contributed by atoms with Crippen LogP contribution in [0.4, 0.5) is 5.82 Å². The maximum absolute atomic E-state index is 12.6. The number of anilines is 1. The van der Waals surface area contributed by atoms with Crippen molar-refractivity contribution in [3.63, 3.8) is 0 Å². The van der Waals surface area contributed by atoms with E-state index in [0.29, 0.717) is 18.0 Å². The third-order valence-corrected chi connectivity index (χ3v) is 6.38. The molecule has 0 spiro atoms. The molecule has 0 saturated heterocycles. The summed E-state index contributed by atoms with van der Waals surface area (Å²) in [4.78, 5) is 17.3. The predicted octanol–water partition coefficient (Wildman–Crippen LogP) is 3.99. The molecule has 7 nitrogen and oxygen atoms in total. The van der Waals surface area contributed by atoms with Gasteiger partial charge in [0.2, 0.25) is 17.8 Å². The van der Waals surface area contributed by atoms with E-state index in [1.54, 1.807) is 16.0 Å². The number of aromatic nitrogens is 3. The summed E-state index contributed by atoms with van der Waals surface area (Å²) in [5, 5.41) is 8.49. The van der Waals surface area contributed by atoms with Gasteiger partial charge in [0.25, 0.3) is 0 Å². The van der Waals surface area contributed by atoms with Gasteiger partial charge in [0.05, 0.1) is 15.9 Å². The Balaban J connectivity index is 1.50. The third kappa shape index (κ3) is 2.52. The SMILES string of the molecule is Cc1nn(-c2nc3ccccc3s2)c2c1C(c1ccc3c(c1)OCO3)CC(=O)N2. The molecule has 0 bridgehead atoms. The molecule has 144 valence electrons. The van der Waals surface area contributed by atoms with Gasteiger partial charge >= 0.3 is 0 Å². The first-order valence-corrected chi connectivity index (χ1v) is 10.1. The Morgan fingerprint density at radius 3 is 2.93 bits per heavy atom. The number of carbonyl (C=O) groups is 1. The normalized spacial score (nSPS) is 17.4. The topological polar surface area (TPSA) is 78.3 Å². The summed E-state index contributed by atoms with van der Waals surface area (Å²) in [6, 6.07) is 13.8. The molecule has 6 rings (SSSR count). The summed E-state index contributed by atoms with van der Waals surface area (Å²) < 4.78 is 13.8. The maximum Gasteiger partial charge on any atom is 0.231 e. The van der Waals surface area contributed by atoms with Gasteiger partial charge in [-0.15, -0.1) is 0 Å². The van der Waals surface area contributed by atoms with Crippen molar-refractivity contribution in [2.75, 3.05) is 12.1 Å². The highest BCUT2D eigenvalue weighted by atomic mass is 32.1. The van der Waals surface area contributed by atoms with Crippen LogP contribution in [0.15, 0.2) is 42.5 Å². The van der Waals surface area contributed by atoms with Crippen LogP contribution < -0.4 is 14.8 Å². The lowest BCUT2D eigenvalue weighted by molar-refractivity contribution is -0.116. The van der Waals surface area contributed by atoms with Crippen LogP contribution in [-0.2, 0) is 4.79 Å². The number of ether oxygens (including phenoxy) is 2. The number of fused-ring (bicyclic) bond motifs is 3. The van der Waals surface area contributed by atoms with Crippen LogP contribution in [0.1, 0.15) is 29.2 Å². The molecule has 4 aromatic rings. The van der Waals surface area contributed by atoms with E-state index < -0.39 is 0 Å². The number of benzene rings is 2. The van der Waals surface area contributed by atoms with Gasteiger partial charge in [0.1, 0.15) is 5.82 Å². The number of amides is 1. The number of para-hydroxylation sites is 1. The number of nitrogens with one attached hydrogen (secondary N) is 1. The largest absolute Gasteiger partial charge is 0.454 e. The summed E-state index contributed by atoms with van der Waals surface area (Å²) in [6.45, 7) is 2.20. The zero-order valence-electron chi connectivity index (χ0n) is 15.5. The molecule has 4 heterocycles. The van der Waals surface area contributed by atoms with Crippen molar-refractivity contribution in [3.8, 4) is 16.6 Å². The molecule has 1 unspecified atom stereocenters. The molecule has 2 aliphatic heterocycles. The smallest absolute Gasteiger partial charge is 0.231 e. The van der Waals surface area contributed by atoms with Gasteiger partial charge in [-0.25, -0.2) is 4.98 Å². The molecule has 0 fully saturated rings. The Hall–Kier alpha value is -3.39. The molecule has 2 aromatic carbocycles. The third-order valence-electron chi connectivity index (χ3n) is 5.37.